The number of carbonyl (C=O) groups is 9. The second kappa shape index (κ2) is 30.1. The highest BCUT2D eigenvalue weighted by Crippen LogP contribution is 2.61. The zero-order valence-corrected chi connectivity index (χ0v) is 44.8. The molecule has 0 aliphatic carbocycles. The summed E-state index contributed by atoms with van der Waals surface area (Å²) in [6.07, 6.45) is -18.0. The van der Waals surface area contributed by atoms with Gasteiger partial charge in [-0.3, -0.25) is 61.7 Å². The summed E-state index contributed by atoms with van der Waals surface area (Å²) >= 11 is 0. The summed E-state index contributed by atoms with van der Waals surface area (Å²) in [4.78, 5) is 159. The molecule has 80 heavy (non-hydrogen) atoms. The van der Waals surface area contributed by atoms with E-state index in [9.17, 15) is 97.2 Å². The van der Waals surface area contributed by atoms with E-state index in [1.54, 1.807) is 0 Å². The van der Waals surface area contributed by atoms with E-state index in [0.717, 1.165) is 40.0 Å². The number of nitrogens with one attached hydrogen (secondary N) is 7. The lowest BCUT2D eigenvalue weighted by atomic mass is 9.96. The van der Waals surface area contributed by atoms with Crippen molar-refractivity contribution in [3.63, 3.8) is 0 Å². The molecule has 452 valence electrons. The SMILES string of the molecule is CC(=O)N[C@H]1C(OP(=O)(O)OP(=O)(O)OC[C@H]2O[C@@H](n3ccc(=O)[nH]c3=O)[C@H](O)[C@@H]2O)O[C@H](CO)[C@@H](O)[C@@H]1OC(C)C(=O)N[C@@H](C)C(=O)N[C@H](CCC(=O)N[C@@H](CCCC(N)C(=O)O)C(=O)N[C@H](C)C(=O)NC(C)C(=O)O)C(=O)O. The summed E-state index contributed by atoms with van der Waals surface area (Å²) in [5.74, 6) is -10.6. The third kappa shape index (κ3) is 20.4. The Kier molecular flexibility index (Phi) is 25.6. The van der Waals surface area contributed by atoms with Gasteiger partial charge in [-0.25, -0.2) is 18.7 Å². The minimum Gasteiger partial charge on any atom is -0.480 e. The van der Waals surface area contributed by atoms with E-state index in [1.165, 1.54) is 6.92 Å². The van der Waals surface area contributed by atoms with Gasteiger partial charge in [0.1, 0.15) is 85.0 Å². The van der Waals surface area contributed by atoms with Crippen molar-refractivity contribution in [1.82, 2.24) is 41.5 Å². The first-order valence-electron chi connectivity index (χ1n) is 23.9. The predicted molar refractivity (Wildman–Crippen MR) is 259 cm³/mol. The first-order valence-corrected chi connectivity index (χ1v) is 26.9. The molecular weight excluding hydrogens is 1130 g/mol. The number of nitrogens with two attached hydrogens (primary N) is 1. The van der Waals surface area contributed by atoms with Crippen LogP contribution in [0, 0.1) is 0 Å². The predicted octanol–water partition coefficient (Wildman–Crippen LogP) is -7.22. The number of hydrogen-bond acceptors (Lipinski definition) is 24. The summed E-state index contributed by atoms with van der Waals surface area (Å²) in [5, 5.41) is 83.3. The van der Waals surface area contributed by atoms with Crippen molar-refractivity contribution in [3.05, 3.63) is 33.1 Å². The van der Waals surface area contributed by atoms with Crippen LogP contribution in [0.15, 0.2) is 21.9 Å². The Morgan fingerprint density at radius 2 is 1.34 bits per heavy atom. The average Bonchev–Trinajstić information content (AvgIpc) is 3.63. The van der Waals surface area contributed by atoms with E-state index in [1.807, 2.05) is 4.98 Å². The number of hydrogen-bond donors (Lipinski definition) is 17. The maximum atomic E-state index is 13.4. The Labute approximate surface area is 451 Å². The molecule has 2 aliphatic rings. The van der Waals surface area contributed by atoms with Crippen LogP contribution in [0.4, 0.5) is 0 Å². The third-order valence-electron chi connectivity index (χ3n) is 11.7. The van der Waals surface area contributed by atoms with Crippen LogP contribution in [-0.2, 0) is 79.8 Å². The van der Waals surface area contributed by atoms with E-state index >= 15 is 0 Å². The number of carboxylic acid groups (broad SMARTS) is 3. The van der Waals surface area contributed by atoms with Gasteiger partial charge in [0.15, 0.2) is 12.5 Å². The molecule has 2 fully saturated rings. The summed E-state index contributed by atoms with van der Waals surface area (Å²) in [6, 6.07) is -10.0. The van der Waals surface area contributed by atoms with Gasteiger partial charge in [0.05, 0.1) is 13.2 Å². The maximum Gasteiger partial charge on any atom is 0.483 e. The Morgan fingerprint density at radius 3 is 1.90 bits per heavy atom. The van der Waals surface area contributed by atoms with Crippen molar-refractivity contribution in [1.29, 1.82) is 0 Å². The largest absolute Gasteiger partial charge is 0.483 e. The van der Waals surface area contributed by atoms with Gasteiger partial charge in [-0.15, -0.1) is 0 Å². The van der Waals surface area contributed by atoms with Gasteiger partial charge in [-0.1, -0.05) is 0 Å². The van der Waals surface area contributed by atoms with Crippen LogP contribution in [-0.4, -0.2) is 213 Å². The number of rotatable bonds is 31. The fraction of sp³-hybridized carbons (Fsp3) is 0.683. The van der Waals surface area contributed by atoms with E-state index in [-0.39, 0.29) is 19.3 Å². The average molecular weight is 1190 g/mol. The van der Waals surface area contributed by atoms with Crippen LogP contribution in [0.2, 0.25) is 0 Å². The zero-order valence-electron chi connectivity index (χ0n) is 43.0. The van der Waals surface area contributed by atoms with E-state index in [2.05, 4.69) is 40.7 Å². The summed E-state index contributed by atoms with van der Waals surface area (Å²) in [5.41, 5.74) is 3.63. The number of aliphatic hydroxyl groups excluding tert-OH is 4. The van der Waals surface area contributed by atoms with Gasteiger partial charge < -0.3 is 97.4 Å². The number of carbonyl (C=O) groups excluding carboxylic acids is 6. The monoisotopic (exact) mass is 1190 g/mol. The van der Waals surface area contributed by atoms with Crippen LogP contribution in [0.3, 0.4) is 0 Å². The molecule has 0 radical (unpaired) electrons. The summed E-state index contributed by atoms with van der Waals surface area (Å²) < 4.78 is 57.0. The molecule has 3 heterocycles. The molecular formula is C41H65N9O28P2. The normalized spacial score (nSPS) is 26.0. The van der Waals surface area contributed by atoms with Gasteiger partial charge in [0.25, 0.3) is 5.56 Å². The second-order valence-corrected chi connectivity index (χ2v) is 21.1. The van der Waals surface area contributed by atoms with Crippen molar-refractivity contribution < 1.29 is 125 Å². The Hall–Kier alpha value is -6.15. The Bertz CT molecular complexity index is 2630. The van der Waals surface area contributed by atoms with Crippen LogP contribution < -0.4 is 48.9 Å². The van der Waals surface area contributed by atoms with Gasteiger partial charge in [0.2, 0.25) is 35.4 Å². The number of aliphatic carboxylic acids is 3. The molecule has 2 aliphatic heterocycles. The minimum absolute atomic E-state index is 0.0544. The lowest BCUT2D eigenvalue weighted by Gasteiger charge is -2.44. The Balaban J connectivity index is 1.66. The highest BCUT2D eigenvalue weighted by molar-refractivity contribution is 7.61. The highest BCUT2D eigenvalue weighted by Gasteiger charge is 2.52. The molecule has 39 heteroatoms. The summed E-state index contributed by atoms with van der Waals surface area (Å²) in [6.45, 7) is 3.08. The number of phosphoric acid groups is 2. The lowest BCUT2D eigenvalue weighted by Crippen LogP contribution is -2.66. The van der Waals surface area contributed by atoms with Crippen molar-refractivity contribution in [3.8, 4) is 0 Å². The number of ether oxygens (including phenoxy) is 3. The van der Waals surface area contributed by atoms with Gasteiger partial charge in [-0.05, 0) is 53.4 Å². The molecule has 3 rings (SSSR count). The number of aromatic amines is 1. The summed E-state index contributed by atoms with van der Waals surface area (Å²) in [7, 11) is -11.8. The number of amides is 6. The van der Waals surface area contributed by atoms with Crippen molar-refractivity contribution in [2.24, 2.45) is 5.73 Å². The van der Waals surface area contributed by atoms with E-state index in [4.69, 9.17) is 34.7 Å². The molecule has 18 N–H and O–H groups in total. The second-order valence-electron chi connectivity index (χ2n) is 18.1. The molecule has 1 aromatic rings. The fourth-order valence-corrected chi connectivity index (χ4v) is 9.57. The van der Waals surface area contributed by atoms with E-state index < -0.39 is 204 Å². The minimum atomic E-state index is -5.97. The van der Waals surface area contributed by atoms with Crippen LogP contribution in [0.25, 0.3) is 0 Å². The fourth-order valence-electron chi connectivity index (χ4n) is 7.41. The van der Waals surface area contributed by atoms with Crippen molar-refractivity contribution in [2.75, 3.05) is 13.2 Å². The molecule has 0 spiro atoms. The lowest BCUT2D eigenvalue weighted by molar-refractivity contribution is -0.261. The van der Waals surface area contributed by atoms with Gasteiger partial charge >= 0.3 is 39.2 Å². The Morgan fingerprint density at radius 1 is 0.738 bits per heavy atom. The van der Waals surface area contributed by atoms with Crippen LogP contribution >= 0.6 is 15.6 Å². The van der Waals surface area contributed by atoms with Gasteiger partial charge in [0, 0.05) is 25.6 Å². The van der Waals surface area contributed by atoms with Gasteiger partial charge in [-0.2, -0.15) is 4.31 Å². The quantitative estimate of drug-likeness (QED) is 0.0307. The van der Waals surface area contributed by atoms with Crippen LogP contribution in [0.5, 0.6) is 0 Å². The first kappa shape index (κ1) is 68.1. The number of aliphatic hydroxyl groups is 4. The first-order chi connectivity index (χ1) is 37.1. The van der Waals surface area contributed by atoms with Crippen molar-refractivity contribution >= 4 is 69.0 Å². The van der Waals surface area contributed by atoms with Crippen LogP contribution in [0.1, 0.15) is 73.0 Å². The number of nitrogens with zero attached hydrogens (tertiary/aromatic N) is 1. The zero-order chi connectivity index (χ0) is 60.7. The molecule has 2 saturated heterocycles. The number of aromatic nitrogens is 2. The molecule has 0 bridgehead atoms. The third-order valence-corrected chi connectivity index (χ3v) is 14.3. The molecule has 1 aromatic heterocycles. The molecule has 18 atom stereocenters. The highest BCUT2D eigenvalue weighted by atomic mass is 31.3. The number of H-pyrrole nitrogens is 1. The standard InChI is InChI=1S/C41H65N9O28P2/c1-15(32(58)45-17(3)37(62)63)44-35(61)21(8-6-7-20(42)38(64)65)47-25(53)10-9-22(39(66)67)48-33(59)16(2)43-34(60)18(4)74-31-27(46-19(5)52)40(76-23(13-51)29(31)56)77-80(71,72)78-79(69,70)73-14-24-28(55)30(57)36(75-24)50-12-11-26(54)49-41(50)68/h11-12,15-18,20-24,27-31,36,40,51,55-57H,6-10,13-14,42H2,1-5H3,(H,43,60)(H,44,61)(H,45,58)(H,46,52)(H,47,53)(H,48,59)(H,62,63)(H,64,65)(H,66,67)(H,69,70)(H,71,72)(H,49,54,68)/t15-,16+,17?,18?,20?,21+,22-,23-,24-,27-,28-,29-,30-,31-,36-,40?/m1/s1. The molecule has 37 nitrogen and oxygen atoms in total. The topological polar surface area (TPSA) is 578 Å². The van der Waals surface area contributed by atoms with Crippen molar-refractivity contribution in [2.45, 2.75) is 164 Å². The molecule has 6 unspecified atom stereocenters. The number of phosphoric ester groups is 2. The molecule has 6 amide bonds. The van der Waals surface area contributed by atoms with E-state index in [0.29, 0.717) is 4.57 Å². The number of carboxylic acids is 3. The maximum absolute atomic E-state index is 13.4. The molecule has 0 aromatic carbocycles. The smallest absolute Gasteiger partial charge is 0.480 e. The molecule has 0 saturated carbocycles.